The summed E-state index contributed by atoms with van der Waals surface area (Å²) in [7, 11) is 0. The largest absolute Gasteiger partial charge is 0.482 e. The van der Waals surface area contributed by atoms with Crippen molar-refractivity contribution in [2.75, 3.05) is 24.3 Å². The highest BCUT2D eigenvalue weighted by Crippen LogP contribution is 2.29. The van der Waals surface area contributed by atoms with E-state index in [-0.39, 0.29) is 36.4 Å². The molecule has 2 N–H and O–H groups in total. The van der Waals surface area contributed by atoms with E-state index in [1.807, 2.05) is 0 Å². The summed E-state index contributed by atoms with van der Waals surface area (Å²) in [5.74, 6) is -0.216. The highest BCUT2D eigenvalue weighted by atomic mass is 32.2. The predicted molar refractivity (Wildman–Crippen MR) is 90.2 cm³/mol. The molecule has 0 saturated carbocycles. The van der Waals surface area contributed by atoms with Crippen LogP contribution in [0.15, 0.2) is 29.6 Å². The van der Waals surface area contributed by atoms with Gasteiger partial charge in [0.15, 0.2) is 17.5 Å². The standard InChI is InChI=1S/C16H15N3O5S/c1-2-23-15(22)11-6-17-16(19-11)25-8-12(20)9-3-4-13-10(5-9)18-14(21)7-24-13/h3-6H,2,7-8H2,1H3,(H,17,19)(H,18,21). The molecule has 130 valence electrons. The van der Waals surface area contributed by atoms with Gasteiger partial charge in [-0.2, -0.15) is 0 Å². The first kappa shape index (κ1) is 17.0. The van der Waals surface area contributed by atoms with Gasteiger partial charge in [-0.3, -0.25) is 9.59 Å². The molecular formula is C16H15N3O5S. The van der Waals surface area contributed by atoms with Crippen LogP contribution in [0.25, 0.3) is 0 Å². The average molecular weight is 361 g/mol. The minimum atomic E-state index is -0.487. The van der Waals surface area contributed by atoms with Gasteiger partial charge < -0.3 is 19.8 Å². The molecule has 1 aliphatic heterocycles. The zero-order chi connectivity index (χ0) is 17.8. The van der Waals surface area contributed by atoms with Crippen LogP contribution in [0.1, 0.15) is 27.8 Å². The number of Topliss-reactive ketones (excluding diaryl/α,β-unsaturated/α-hetero) is 1. The summed E-state index contributed by atoms with van der Waals surface area (Å²) in [6, 6.07) is 4.88. The van der Waals surface area contributed by atoms with Crippen LogP contribution in [-0.4, -0.2) is 46.6 Å². The van der Waals surface area contributed by atoms with Gasteiger partial charge in [0.2, 0.25) is 0 Å². The number of anilines is 1. The minimum Gasteiger partial charge on any atom is -0.482 e. The second kappa shape index (κ2) is 7.39. The van der Waals surface area contributed by atoms with Gasteiger partial charge in [0, 0.05) is 5.56 Å². The minimum absolute atomic E-state index is 0.0303. The Morgan fingerprint density at radius 1 is 1.40 bits per heavy atom. The van der Waals surface area contributed by atoms with Crippen LogP contribution in [0.5, 0.6) is 5.75 Å². The third-order valence-electron chi connectivity index (χ3n) is 3.32. The molecule has 1 aromatic carbocycles. The van der Waals surface area contributed by atoms with Crippen LogP contribution in [0.3, 0.4) is 0 Å². The molecule has 0 unspecified atom stereocenters. The third kappa shape index (κ3) is 4.00. The van der Waals surface area contributed by atoms with Crippen molar-refractivity contribution in [3.05, 3.63) is 35.7 Å². The number of esters is 1. The molecule has 1 aromatic heterocycles. The highest BCUT2D eigenvalue weighted by molar-refractivity contribution is 7.99. The molecule has 25 heavy (non-hydrogen) atoms. The fourth-order valence-corrected chi connectivity index (χ4v) is 2.91. The second-order valence-corrected chi connectivity index (χ2v) is 6.05. The number of H-pyrrole nitrogens is 1. The topological polar surface area (TPSA) is 110 Å². The van der Waals surface area contributed by atoms with Gasteiger partial charge in [-0.15, -0.1) is 0 Å². The van der Waals surface area contributed by atoms with Crippen molar-refractivity contribution in [2.24, 2.45) is 0 Å². The Balaban J connectivity index is 1.62. The van der Waals surface area contributed by atoms with Crippen molar-refractivity contribution < 1.29 is 23.9 Å². The van der Waals surface area contributed by atoms with E-state index in [1.54, 1.807) is 25.1 Å². The van der Waals surface area contributed by atoms with Crippen molar-refractivity contribution in [3.63, 3.8) is 0 Å². The molecule has 0 fully saturated rings. The summed E-state index contributed by atoms with van der Waals surface area (Å²) in [6.07, 6.45) is 1.37. The van der Waals surface area contributed by atoms with Crippen molar-refractivity contribution >= 4 is 35.1 Å². The number of carbonyl (C=O) groups is 3. The Morgan fingerprint density at radius 2 is 2.24 bits per heavy atom. The molecule has 3 rings (SSSR count). The lowest BCUT2D eigenvalue weighted by Gasteiger charge is -2.18. The SMILES string of the molecule is CCOC(=O)c1cnc(SCC(=O)c2ccc3c(c2)NC(=O)CO3)[nH]1. The molecule has 0 spiro atoms. The molecular weight excluding hydrogens is 346 g/mol. The van der Waals surface area contributed by atoms with E-state index < -0.39 is 5.97 Å². The van der Waals surface area contributed by atoms with Gasteiger partial charge in [0.1, 0.15) is 11.4 Å². The first-order chi connectivity index (χ1) is 12.1. The van der Waals surface area contributed by atoms with Crippen LogP contribution in [0.2, 0.25) is 0 Å². The number of nitrogens with zero attached hydrogens (tertiary/aromatic N) is 1. The monoisotopic (exact) mass is 361 g/mol. The van der Waals surface area contributed by atoms with Crippen LogP contribution in [0.4, 0.5) is 5.69 Å². The number of nitrogens with one attached hydrogen (secondary N) is 2. The molecule has 1 amide bonds. The van der Waals surface area contributed by atoms with Crippen LogP contribution >= 0.6 is 11.8 Å². The molecule has 0 aliphatic carbocycles. The Bertz CT molecular complexity index is 833. The highest BCUT2D eigenvalue weighted by Gasteiger charge is 2.18. The molecule has 0 radical (unpaired) electrons. The number of rotatable bonds is 6. The van der Waals surface area contributed by atoms with Crippen LogP contribution in [0, 0.1) is 0 Å². The third-order valence-corrected chi connectivity index (χ3v) is 4.21. The number of carbonyl (C=O) groups excluding carboxylic acids is 3. The second-order valence-electron chi connectivity index (χ2n) is 5.08. The number of thioether (sulfide) groups is 1. The lowest BCUT2D eigenvalue weighted by molar-refractivity contribution is -0.118. The zero-order valence-electron chi connectivity index (χ0n) is 13.3. The van der Waals surface area contributed by atoms with Gasteiger partial charge in [-0.1, -0.05) is 11.8 Å². The van der Waals surface area contributed by atoms with E-state index in [2.05, 4.69) is 15.3 Å². The summed E-state index contributed by atoms with van der Waals surface area (Å²) >= 11 is 1.18. The molecule has 9 heteroatoms. The molecule has 0 saturated heterocycles. The molecule has 8 nitrogen and oxygen atoms in total. The Kier molecular flexibility index (Phi) is 5.03. The first-order valence-electron chi connectivity index (χ1n) is 7.51. The molecule has 0 atom stereocenters. The van der Waals surface area contributed by atoms with E-state index in [4.69, 9.17) is 9.47 Å². The Labute approximate surface area is 147 Å². The van der Waals surface area contributed by atoms with Gasteiger partial charge >= 0.3 is 5.97 Å². The Morgan fingerprint density at radius 3 is 3.04 bits per heavy atom. The molecule has 2 aromatic rings. The molecule has 1 aliphatic rings. The maximum atomic E-state index is 12.3. The summed E-state index contributed by atoms with van der Waals surface area (Å²) in [6.45, 7) is 1.96. The number of amides is 1. The van der Waals surface area contributed by atoms with Crippen molar-refractivity contribution in [1.29, 1.82) is 0 Å². The Hall–Kier alpha value is -2.81. The number of ether oxygens (including phenoxy) is 2. The quantitative estimate of drug-likeness (QED) is 0.459. The summed E-state index contributed by atoms with van der Waals surface area (Å²) < 4.78 is 10.1. The number of hydrogen-bond acceptors (Lipinski definition) is 7. The fraction of sp³-hybridized carbons (Fsp3) is 0.250. The maximum absolute atomic E-state index is 12.3. The summed E-state index contributed by atoms with van der Waals surface area (Å²) in [4.78, 5) is 42.1. The fourth-order valence-electron chi connectivity index (χ4n) is 2.16. The number of imidazole rings is 1. The van der Waals surface area contributed by atoms with E-state index in [0.717, 1.165) is 0 Å². The summed E-state index contributed by atoms with van der Waals surface area (Å²) in [5.41, 5.74) is 1.18. The van der Waals surface area contributed by atoms with E-state index >= 15 is 0 Å². The van der Waals surface area contributed by atoms with E-state index in [1.165, 1.54) is 18.0 Å². The number of benzene rings is 1. The first-order valence-corrected chi connectivity index (χ1v) is 8.50. The predicted octanol–water partition coefficient (Wildman–Crippen LogP) is 1.89. The van der Waals surface area contributed by atoms with Gasteiger partial charge in [-0.05, 0) is 25.1 Å². The van der Waals surface area contributed by atoms with Crippen LogP contribution < -0.4 is 10.1 Å². The lowest BCUT2D eigenvalue weighted by Crippen LogP contribution is -2.25. The molecule has 0 bridgehead atoms. The normalized spacial score (nSPS) is 12.8. The van der Waals surface area contributed by atoms with Crippen molar-refractivity contribution in [3.8, 4) is 5.75 Å². The number of ketones is 1. The smallest absolute Gasteiger partial charge is 0.356 e. The average Bonchev–Trinajstić information content (AvgIpc) is 3.08. The molecule has 2 heterocycles. The number of fused-ring (bicyclic) bond motifs is 1. The van der Waals surface area contributed by atoms with Gasteiger partial charge in [0.25, 0.3) is 5.91 Å². The summed E-state index contributed by atoms with van der Waals surface area (Å²) in [5, 5.41) is 3.11. The number of aromatic nitrogens is 2. The van der Waals surface area contributed by atoms with E-state index in [9.17, 15) is 14.4 Å². The van der Waals surface area contributed by atoms with Crippen molar-refractivity contribution in [1.82, 2.24) is 9.97 Å². The van der Waals surface area contributed by atoms with Gasteiger partial charge in [0.05, 0.1) is 24.2 Å². The number of aromatic amines is 1. The maximum Gasteiger partial charge on any atom is 0.356 e. The lowest BCUT2D eigenvalue weighted by atomic mass is 10.1. The van der Waals surface area contributed by atoms with E-state index in [0.29, 0.717) is 22.2 Å². The van der Waals surface area contributed by atoms with Gasteiger partial charge in [-0.25, -0.2) is 9.78 Å². The zero-order valence-corrected chi connectivity index (χ0v) is 14.1. The van der Waals surface area contributed by atoms with Crippen LogP contribution in [-0.2, 0) is 9.53 Å². The van der Waals surface area contributed by atoms with Crippen molar-refractivity contribution in [2.45, 2.75) is 12.1 Å². The number of hydrogen-bond donors (Lipinski definition) is 2.